The Morgan fingerprint density at radius 3 is 2.52 bits per heavy atom. The van der Waals surface area contributed by atoms with Gasteiger partial charge >= 0.3 is 0 Å². The van der Waals surface area contributed by atoms with E-state index in [1.165, 1.54) is 12.1 Å². The monoisotopic (exact) mass is 313 g/mol. The first-order chi connectivity index (χ1) is 10.8. The second-order valence-electron chi connectivity index (χ2n) is 6.01. The number of pyridine rings is 1. The number of hydrogen-bond acceptors (Lipinski definition) is 4. The zero-order valence-electron chi connectivity index (χ0n) is 13.4. The quantitative estimate of drug-likeness (QED) is 0.679. The van der Waals surface area contributed by atoms with E-state index in [4.69, 9.17) is 0 Å². The molecule has 0 aliphatic carbocycles. The third-order valence-electron chi connectivity index (χ3n) is 3.90. The Balaban J connectivity index is 2.14. The molecule has 2 aromatic rings. The molecule has 1 amide bonds. The maximum atomic E-state index is 12.4. The molecule has 1 aromatic carbocycles. The van der Waals surface area contributed by atoms with Crippen molar-refractivity contribution >= 4 is 11.6 Å². The van der Waals surface area contributed by atoms with Gasteiger partial charge in [0.2, 0.25) is 0 Å². The Labute approximate surface area is 134 Å². The van der Waals surface area contributed by atoms with E-state index in [1.807, 2.05) is 26.0 Å². The van der Waals surface area contributed by atoms with E-state index in [0.29, 0.717) is 17.7 Å². The molecule has 6 nitrogen and oxygen atoms in total. The number of carbonyl (C=O) groups excluding carboxylic acids is 1. The number of nitro benzene ring substituents is 1. The van der Waals surface area contributed by atoms with E-state index in [9.17, 15) is 14.9 Å². The third kappa shape index (κ3) is 3.71. The van der Waals surface area contributed by atoms with Crippen LogP contribution in [0.3, 0.4) is 0 Å². The molecule has 120 valence electrons. The van der Waals surface area contributed by atoms with Crippen LogP contribution in [0.5, 0.6) is 0 Å². The van der Waals surface area contributed by atoms with Gasteiger partial charge in [0, 0.05) is 41.5 Å². The van der Waals surface area contributed by atoms with Crippen LogP contribution in [-0.4, -0.2) is 22.4 Å². The van der Waals surface area contributed by atoms with Gasteiger partial charge in [-0.25, -0.2) is 0 Å². The molecule has 23 heavy (non-hydrogen) atoms. The van der Waals surface area contributed by atoms with E-state index in [-0.39, 0.29) is 17.0 Å². The van der Waals surface area contributed by atoms with E-state index >= 15 is 0 Å². The summed E-state index contributed by atoms with van der Waals surface area (Å²) in [7, 11) is 0. The molecular weight excluding hydrogens is 294 g/mol. The number of benzene rings is 1. The minimum absolute atomic E-state index is 0.0500. The number of aromatic nitrogens is 1. The summed E-state index contributed by atoms with van der Waals surface area (Å²) >= 11 is 0. The van der Waals surface area contributed by atoms with Gasteiger partial charge in [0.05, 0.1) is 4.92 Å². The Morgan fingerprint density at radius 1 is 1.26 bits per heavy atom. The van der Waals surface area contributed by atoms with Crippen LogP contribution in [-0.2, 0) is 5.41 Å². The van der Waals surface area contributed by atoms with Gasteiger partial charge in [-0.3, -0.25) is 19.9 Å². The summed E-state index contributed by atoms with van der Waals surface area (Å²) in [5.41, 5.74) is 1.43. The molecule has 0 aliphatic rings. The van der Waals surface area contributed by atoms with Crippen molar-refractivity contribution in [3.63, 3.8) is 0 Å². The third-order valence-corrected chi connectivity index (χ3v) is 3.90. The van der Waals surface area contributed by atoms with Crippen molar-refractivity contribution in [3.05, 3.63) is 69.5 Å². The number of amides is 1. The summed E-state index contributed by atoms with van der Waals surface area (Å²) in [6.45, 7) is 6.03. The van der Waals surface area contributed by atoms with Gasteiger partial charge < -0.3 is 5.32 Å². The van der Waals surface area contributed by atoms with Gasteiger partial charge in [0.1, 0.15) is 0 Å². The molecular formula is C17H19N3O3. The van der Waals surface area contributed by atoms with E-state index in [1.54, 1.807) is 25.4 Å². The Morgan fingerprint density at radius 2 is 1.91 bits per heavy atom. The van der Waals surface area contributed by atoms with Crippen LogP contribution in [0.1, 0.15) is 35.3 Å². The minimum Gasteiger partial charge on any atom is -0.351 e. The molecule has 0 saturated heterocycles. The predicted octanol–water partition coefficient (Wildman–Crippen LogP) is 3.01. The highest BCUT2D eigenvalue weighted by molar-refractivity contribution is 5.96. The SMILES string of the molecule is Cc1c(C(=O)NCC(C)(C)c2ccncc2)cccc1[N+](=O)[O-]. The molecule has 6 heteroatoms. The lowest BCUT2D eigenvalue weighted by Gasteiger charge is -2.25. The van der Waals surface area contributed by atoms with E-state index in [2.05, 4.69) is 10.3 Å². The maximum Gasteiger partial charge on any atom is 0.273 e. The summed E-state index contributed by atoms with van der Waals surface area (Å²) in [6, 6.07) is 8.33. The molecule has 0 radical (unpaired) electrons. The van der Waals surface area contributed by atoms with Gasteiger partial charge in [0.15, 0.2) is 0 Å². The molecule has 1 heterocycles. The van der Waals surface area contributed by atoms with Gasteiger partial charge in [-0.2, -0.15) is 0 Å². The highest BCUT2D eigenvalue weighted by Gasteiger charge is 2.23. The van der Waals surface area contributed by atoms with Crippen LogP contribution >= 0.6 is 0 Å². The average molecular weight is 313 g/mol. The average Bonchev–Trinajstić information content (AvgIpc) is 2.53. The van der Waals surface area contributed by atoms with Crippen molar-refractivity contribution in [2.45, 2.75) is 26.2 Å². The van der Waals surface area contributed by atoms with Gasteiger partial charge in [-0.1, -0.05) is 19.9 Å². The van der Waals surface area contributed by atoms with Gasteiger partial charge in [0.25, 0.3) is 11.6 Å². The summed E-state index contributed by atoms with van der Waals surface area (Å²) in [4.78, 5) is 26.8. The predicted molar refractivity (Wildman–Crippen MR) is 87.4 cm³/mol. The summed E-state index contributed by atoms with van der Waals surface area (Å²) in [6.07, 6.45) is 3.42. The molecule has 1 N–H and O–H groups in total. The van der Waals surface area contributed by atoms with Crippen LogP contribution in [0.2, 0.25) is 0 Å². The van der Waals surface area contributed by atoms with Crippen molar-refractivity contribution in [2.75, 3.05) is 6.54 Å². The highest BCUT2D eigenvalue weighted by atomic mass is 16.6. The fourth-order valence-corrected chi connectivity index (χ4v) is 2.37. The Kier molecular flexibility index (Phi) is 4.74. The Hall–Kier alpha value is -2.76. The number of rotatable bonds is 5. The van der Waals surface area contributed by atoms with E-state index < -0.39 is 4.92 Å². The lowest BCUT2D eigenvalue weighted by molar-refractivity contribution is -0.385. The second kappa shape index (κ2) is 6.56. The standard InChI is InChI=1S/C17H19N3O3/c1-12-14(5-4-6-15(12)20(22)23)16(21)19-11-17(2,3)13-7-9-18-10-8-13/h4-10H,11H2,1-3H3,(H,19,21). The molecule has 0 aliphatic heterocycles. The fraction of sp³-hybridized carbons (Fsp3) is 0.294. The molecule has 0 atom stereocenters. The smallest absolute Gasteiger partial charge is 0.273 e. The molecule has 2 rings (SSSR count). The molecule has 0 spiro atoms. The molecule has 0 bridgehead atoms. The van der Waals surface area contributed by atoms with Crippen LogP contribution in [0, 0.1) is 17.0 Å². The number of nitrogens with one attached hydrogen (secondary N) is 1. The first-order valence-electron chi connectivity index (χ1n) is 7.25. The summed E-state index contributed by atoms with van der Waals surface area (Å²) in [5, 5.41) is 13.8. The summed E-state index contributed by atoms with van der Waals surface area (Å²) in [5.74, 6) is -0.312. The van der Waals surface area contributed by atoms with Crippen molar-refractivity contribution in [1.82, 2.24) is 10.3 Å². The van der Waals surface area contributed by atoms with Gasteiger partial charge in [-0.15, -0.1) is 0 Å². The Bertz CT molecular complexity index is 727. The maximum absolute atomic E-state index is 12.4. The second-order valence-corrected chi connectivity index (χ2v) is 6.01. The van der Waals surface area contributed by atoms with Crippen LogP contribution in [0.15, 0.2) is 42.7 Å². The number of nitro groups is 1. The van der Waals surface area contributed by atoms with Crippen LogP contribution < -0.4 is 5.32 Å². The lowest BCUT2D eigenvalue weighted by atomic mass is 9.85. The normalized spacial score (nSPS) is 11.1. The number of nitrogens with zero attached hydrogens (tertiary/aromatic N) is 2. The zero-order valence-corrected chi connectivity index (χ0v) is 13.4. The topological polar surface area (TPSA) is 85.1 Å². The first-order valence-corrected chi connectivity index (χ1v) is 7.25. The minimum atomic E-state index is -0.479. The van der Waals surface area contributed by atoms with Crippen molar-refractivity contribution in [3.8, 4) is 0 Å². The van der Waals surface area contributed by atoms with Crippen molar-refractivity contribution in [2.24, 2.45) is 0 Å². The molecule has 0 saturated carbocycles. The lowest BCUT2D eigenvalue weighted by Crippen LogP contribution is -2.37. The van der Waals surface area contributed by atoms with Crippen LogP contribution in [0.4, 0.5) is 5.69 Å². The van der Waals surface area contributed by atoms with Gasteiger partial charge in [-0.05, 0) is 30.7 Å². The highest BCUT2D eigenvalue weighted by Crippen LogP contribution is 2.23. The molecule has 0 unspecified atom stereocenters. The summed E-state index contributed by atoms with van der Waals surface area (Å²) < 4.78 is 0. The fourth-order valence-electron chi connectivity index (χ4n) is 2.37. The van der Waals surface area contributed by atoms with Crippen molar-refractivity contribution in [1.29, 1.82) is 0 Å². The number of hydrogen-bond donors (Lipinski definition) is 1. The van der Waals surface area contributed by atoms with Crippen LogP contribution in [0.25, 0.3) is 0 Å². The number of carbonyl (C=O) groups is 1. The molecule has 0 fully saturated rings. The first kappa shape index (κ1) is 16.6. The van der Waals surface area contributed by atoms with E-state index in [0.717, 1.165) is 5.56 Å². The largest absolute Gasteiger partial charge is 0.351 e. The molecule has 1 aromatic heterocycles. The van der Waals surface area contributed by atoms with Crippen molar-refractivity contribution < 1.29 is 9.72 Å². The zero-order chi connectivity index (χ0) is 17.0.